The zero-order chi connectivity index (χ0) is 79.4. The summed E-state index contributed by atoms with van der Waals surface area (Å²) in [5.41, 5.74) is 38.9. The molecule has 566 valence electrons. The summed E-state index contributed by atoms with van der Waals surface area (Å²) >= 11 is 3.47. The van der Waals surface area contributed by atoms with Crippen LogP contribution >= 0.6 is 23.9 Å². The van der Waals surface area contributed by atoms with Crippen LogP contribution in [0.3, 0.4) is 0 Å². The summed E-state index contributed by atoms with van der Waals surface area (Å²) in [5.74, 6) is 1.64. The Morgan fingerprint density at radius 1 is 0.280 bits per heavy atom. The van der Waals surface area contributed by atoms with Crippen LogP contribution in [0, 0.1) is 0 Å². The van der Waals surface area contributed by atoms with E-state index in [4.69, 9.17) is 18.0 Å². The molecule has 14 heteroatoms. The quantitative estimate of drug-likeness (QED) is 0.123. The first kappa shape index (κ1) is 69.7. The molecule has 3 aromatic heterocycles. The van der Waals surface area contributed by atoms with Crippen LogP contribution in [0.25, 0.3) is 99.2 Å². The lowest BCUT2D eigenvalue weighted by molar-refractivity contribution is 0.488. The zero-order valence-corrected chi connectivity index (χ0v) is 69.2. The number of hydrogen-bond acceptors (Lipinski definition) is 11. The molecule has 0 saturated heterocycles. The number of anilines is 12. The fourth-order valence-corrected chi connectivity index (χ4v) is 22.3. The van der Waals surface area contributed by atoms with Crippen LogP contribution in [0.15, 0.2) is 292 Å². The molecule has 0 saturated carbocycles. The molecule has 6 aliphatic rings. The third-order valence-electron chi connectivity index (χ3n) is 26.0. The van der Waals surface area contributed by atoms with Crippen LogP contribution < -0.4 is 77.6 Å². The van der Waals surface area contributed by atoms with Crippen molar-refractivity contribution in [3.63, 3.8) is 0 Å². The Labute approximate surface area is 695 Å². The third kappa shape index (κ3) is 9.87. The summed E-state index contributed by atoms with van der Waals surface area (Å²) in [6.45, 7) is 19.8. The molecule has 0 amide bonds. The standard InChI is InChI=1S/C104H80B3N5O4S2/c1-102(2,3)72-41-25-38-69-66-35-22-32-63(96(66)114-99(69)72)58-48-82-93-87(49-58)109(61-28-14-12-15-29-61)83-46-20-18-44-75(83)105(93)77-54-78-85(56-81(77)108-82)111(117-10)90-52-60(65-34-24-37-68-71-40-27-43-74(104(7,8)9)101(71)116-98(65)68)53-92-95(90)107(78)80-55-79-86(57-91(80)113-92)112(118-11)89-51-59(64-33-23-36-67-70-39-26-42-73(103(4,5)6)100(70)115-97(64)67)50-88-94(89)106(79)76-45-19-21-47-84(76)110(88)62-30-16-13-17-31-62/h12-57,108H,1-11H3. The largest absolute Gasteiger partial charge is 0.458 e. The highest BCUT2D eigenvalue weighted by Crippen LogP contribution is 2.53. The van der Waals surface area contributed by atoms with Crippen LogP contribution in [0.1, 0.15) is 79.0 Å². The van der Waals surface area contributed by atoms with Crippen molar-refractivity contribution >= 4 is 227 Å². The Morgan fingerprint density at radius 3 is 1.14 bits per heavy atom. The summed E-state index contributed by atoms with van der Waals surface area (Å²) in [4.78, 5) is 5.00. The second kappa shape index (κ2) is 25.0. The van der Waals surface area contributed by atoms with E-state index in [0.717, 1.165) is 190 Å². The number of benzene rings is 15. The monoisotopic (exact) mass is 1560 g/mol. The van der Waals surface area contributed by atoms with E-state index < -0.39 is 0 Å². The van der Waals surface area contributed by atoms with E-state index in [1.807, 2.05) is 0 Å². The van der Waals surface area contributed by atoms with Crippen LogP contribution in [-0.2, 0) is 16.2 Å². The molecule has 0 bridgehead atoms. The Bertz CT molecular complexity index is 7440. The number of ether oxygens (including phenoxy) is 1. The predicted octanol–water partition coefficient (Wildman–Crippen LogP) is 23.0. The number of rotatable bonds is 7. The molecule has 0 spiro atoms. The smallest absolute Gasteiger partial charge is 0.256 e. The van der Waals surface area contributed by atoms with E-state index in [1.54, 1.807) is 23.9 Å². The SMILES string of the molecule is CSN1c2cc3c(cc2B2c4cc5c(cc4Oc4cc(-c6cccc7c6oc6c(C(C)(C)C)cccc67)cc1c42)N(SC)c1cc(-c2cccc4c2oc2c(C(C)(C)C)cccc24)cc2c1B5c1ccccc1N2c1ccccc1)B1c2ccccc2N(c2ccccc2)c2cc(-c4cccc5c4oc4c(C(C)(C)C)cccc45)cc(c21)N3. The first-order valence-corrected chi connectivity index (χ1v) is 43.5. The average Bonchev–Trinajstić information content (AvgIpc) is 1.02. The van der Waals surface area contributed by atoms with Gasteiger partial charge in [0, 0.05) is 135 Å². The lowest BCUT2D eigenvalue weighted by Gasteiger charge is -2.45. The summed E-state index contributed by atoms with van der Waals surface area (Å²) in [7, 11) is 0. The summed E-state index contributed by atoms with van der Waals surface area (Å²) in [6, 6.07) is 104. The minimum atomic E-state index is -0.298. The van der Waals surface area contributed by atoms with Gasteiger partial charge in [0.2, 0.25) is 0 Å². The summed E-state index contributed by atoms with van der Waals surface area (Å²) < 4.78 is 34.7. The van der Waals surface area contributed by atoms with Crippen molar-refractivity contribution in [3.8, 4) is 44.9 Å². The lowest BCUT2D eigenvalue weighted by Crippen LogP contribution is -2.65. The van der Waals surface area contributed by atoms with Gasteiger partial charge in [-0.3, -0.25) is 8.61 Å². The maximum Gasteiger partial charge on any atom is 0.256 e. The fraction of sp³-hybridized carbons (Fsp3) is 0.135. The van der Waals surface area contributed by atoms with Crippen molar-refractivity contribution in [2.45, 2.75) is 78.6 Å². The number of furan rings is 3. The van der Waals surface area contributed by atoms with Crippen molar-refractivity contribution in [2.75, 3.05) is 36.2 Å². The molecule has 118 heavy (non-hydrogen) atoms. The Hall–Kier alpha value is -12.6. The van der Waals surface area contributed by atoms with Crippen LogP contribution in [-0.4, -0.2) is 32.6 Å². The highest BCUT2D eigenvalue weighted by atomic mass is 32.2. The van der Waals surface area contributed by atoms with Gasteiger partial charge in [0.25, 0.3) is 20.1 Å². The molecule has 9 heterocycles. The van der Waals surface area contributed by atoms with Crippen molar-refractivity contribution < 1.29 is 18.0 Å². The fourth-order valence-electron chi connectivity index (χ4n) is 20.9. The molecular weight excluding hydrogens is 1480 g/mol. The normalized spacial score (nSPS) is 14.1. The Morgan fingerprint density at radius 2 is 0.661 bits per heavy atom. The van der Waals surface area contributed by atoms with Gasteiger partial charge < -0.3 is 33.1 Å². The summed E-state index contributed by atoms with van der Waals surface area (Å²) in [5, 5.41) is 10.9. The molecule has 15 aromatic carbocycles. The van der Waals surface area contributed by atoms with Crippen molar-refractivity contribution in [1.82, 2.24) is 0 Å². The van der Waals surface area contributed by atoms with Crippen LogP contribution in [0.2, 0.25) is 0 Å². The average molecular weight is 1560 g/mol. The molecule has 0 atom stereocenters. The molecule has 0 aliphatic carbocycles. The maximum atomic E-state index is 7.92. The van der Waals surface area contributed by atoms with E-state index in [1.165, 1.54) is 54.9 Å². The van der Waals surface area contributed by atoms with Gasteiger partial charge in [0.1, 0.15) is 45.0 Å². The molecule has 18 aromatic rings. The number of nitrogens with one attached hydrogen (secondary N) is 1. The first-order chi connectivity index (χ1) is 57.3. The molecule has 0 fully saturated rings. The van der Waals surface area contributed by atoms with Gasteiger partial charge in [-0.1, -0.05) is 256 Å². The van der Waals surface area contributed by atoms with Crippen LogP contribution in [0.5, 0.6) is 11.5 Å². The van der Waals surface area contributed by atoms with Gasteiger partial charge in [0.15, 0.2) is 0 Å². The first-order valence-electron chi connectivity index (χ1n) is 41.1. The molecule has 24 rings (SSSR count). The molecule has 1 N–H and O–H groups in total. The molecule has 0 radical (unpaired) electrons. The van der Waals surface area contributed by atoms with Gasteiger partial charge in [0.05, 0.1) is 17.1 Å². The highest BCUT2D eigenvalue weighted by molar-refractivity contribution is 8.00. The van der Waals surface area contributed by atoms with E-state index in [0.29, 0.717) is 0 Å². The molecular formula is C104H80B3N5O4S2. The maximum absolute atomic E-state index is 7.92. The van der Waals surface area contributed by atoms with Crippen molar-refractivity contribution in [1.29, 1.82) is 0 Å². The second-order valence-corrected chi connectivity index (χ2v) is 37.3. The Balaban J connectivity index is 0.749. The third-order valence-corrected chi connectivity index (χ3v) is 27.5. The van der Waals surface area contributed by atoms with Gasteiger partial charge in [-0.05, 0) is 185 Å². The summed E-state index contributed by atoms with van der Waals surface area (Å²) in [6.07, 6.45) is 4.45. The Kier molecular flexibility index (Phi) is 14.7. The minimum absolute atomic E-state index is 0.133. The number of para-hydroxylation sites is 10. The van der Waals surface area contributed by atoms with Gasteiger partial charge in [-0.25, -0.2) is 0 Å². The minimum Gasteiger partial charge on any atom is -0.458 e. The highest BCUT2D eigenvalue weighted by Gasteiger charge is 2.50. The van der Waals surface area contributed by atoms with Crippen molar-refractivity contribution in [3.05, 3.63) is 296 Å². The predicted molar refractivity (Wildman–Crippen MR) is 504 cm³/mol. The van der Waals surface area contributed by atoms with E-state index in [2.05, 4.69) is 378 Å². The van der Waals surface area contributed by atoms with E-state index in [-0.39, 0.29) is 36.4 Å². The van der Waals surface area contributed by atoms with Gasteiger partial charge in [-0.2, -0.15) is 0 Å². The number of nitrogens with zero attached hydrogens (tertiary/aromatic N) is 4. The van der Waals surface area contributed by atoms with Gasteiger partial charge >= 0.3 is 0 Å². The number of hydrogen-bond donors (Lipinski definition) is 1. The molecule has 9 nitrogen and oxygen atoms in total. The number of fused-ring (bicyclic) bond motifs is 21. The van der Waals surface area contributed by atoms with E-state index >= 15 is 0 Å². The molecule has 0 unspecified atom stereocenters. The van der Waals surface area contributed by atoms with Gasteiger partial charge in [-0.15, -0.1) is 0 Å². The van der Waals surface area contributed by atoms with Crippen molar-refractivity contribution in [2.24, 2.45) is 0 Å². The second-order valence-electron chi connectivity index (χ2n) is 35.8. The lowest BCUT2D eigenvalue weighted by atomic mass is 9.29. The molecule has 6 aliphatic heterocycles. The van der Waals surface area contributed by atoms with Crippen LogP contribution in [0.4, 0.5) is 68.2 Å². The topological polar surface area (TPSA) is 73.6 Å². The van der Waals surface area contributed by atoms with E-state index in [9.17, 15) is 0 Å². The zero-order valence-electron chi connectivity index (χ0n) is 67.5.